The number of hydrogen-bond acceptors (Lipinski definition) is 2. The predicted octanol–water partition coefficient (Wildman–Crippen LogP) is 6.23. The lowest BCUT2D eigenvalue weighted by Crippen LogP contribution is -2.34. The number of halogens is 2. The zero-order chi connectivity index (χ0) is 23.1. The van der Waals surface area contributed by atoms with Crippen molar-refractivity contribution in [1.82, 2.24) is 14.9 Å². The van der Waals surface area contributed by atoms with Crippen LogP contribution < -0.4 is 0 Å². The summed E-state index contributed by atoms with van der Waals surface area (Å²) in [7, 11) is 1.93. The fraction of sp³-hybridized carbons (Fsp3) is 0.462. The second-order valence-electron chi connectivity index (χ2n) is 9.13. The van der Waals surface area contributed by atoms with Gasteiger partial charge in [0.25, 0.3) is 0 Å². The molecule has 0 bridgehead atoms. The van der Waals surface area contributed by atoms with Crippen molar-refractivity contribution in [3.05, 3.63) is 66.0 Å². The van der Waals surface area contributed by atoms with E-state index in [0.717, 1.165) is 62.8 Å². The minimum absolute atomic E-state index is 0.172. The molecule has 172 valence electrons. The van der Waals surface area contributed by atoms with Crippen molar-refractivity contribution in [2.45, 2.75) is 58.4 Å². The highest BCUT2D eigenvalue weighted by Gasteiger charge is 2.28. The molecule has 1 aliphatic rings. The van der Waals surface area contributed by atoms with Gasteiger partial charge in [-0.25, -0.2) is 13.8 Å². The highest BCUT2D eigenvalue weighted by Crippen LogP contribution is 2.32. The summed E-state index contributed by atoms with van der Waals surface area (Å²) in [5.41, 5.74) is 3.34. The average Bonchev–Trinajstić information content (AvgIpc) is 3.15. The van der Waals surface area contributed by atoms with E-state index in [1.54, 1.807) is 0 Å². The summed E-state index contributed by atoms with van der Waals surface area (Å²) in [6.07, 6.45) is 5.17. The van der Waals surface area contributed by atoms with Gasteiger partial charge in [0.05, 0.1) is 11.0 Å². The summed E-state index contributed by atoms with van der Waals surface area (Å²) in [4.78, 5) is 22.8. The molecule has 0 atom stereocenters. The van der Waals surface area contributed by atoms with Gasteiger partial charge in [-0.1, -0.05) is 42.5 Å². The fourth-order valence-electron chi connectivity index (χ4n) is 4.24. The quantitative estimate of drug-likeness (QED) is 0.510. The van der Waals surface area contributed by atoms with Crippen LogP contribution in [0.5, 0.6) is 0 Å². The first-order valence-corrected chi connectivity index (χ1v) is 11.3. The van der Waals surface area contributed by atoms with E-state index in [4.69, 9.17) is 4.98 Å². The SMILES string of the molecule is CC(C)(F)F.CN(Cc1ccccc1)C(=O)C1CCC(Cc2nc3ccccc3[nH]2)CC1. The van der Waals surface area contributed by atoms with Crippen molar-refractivity contribution < 1.29 is 13.6 Å². The zero-order valence-corrected chi connectivity index (χ0v) is 19.2. The summed E-state index contributed by atoms with van der Waals surface area (Å²) in [6.45, 7) is 2.40. The Balaban J connectivity index is 0.000000523. The number of benzene rings is 2. The Kier molecular flexibility index (Phi) is 7.99. The molecule has 1 amide bonds. The van der Waals surface area contributed by atoms with Gasteiger partial charge in [-0.15, -0.1) is 0 Å². The van der Waals surface area contributed by atoms with Crippen LogP contribution in [0.1, 0.15) is 50.9 Å². The van der Waals surface area contributed by atoms with Gasteiger partial charge in [-0.2, -0.15) is 0 Å². The van der Waals surface area contributed by atoms with Crippen LogP contribution in [0.25, 0.3) is 11.0 Å². The number of aromatic amines is 1. The maximum atomic E-state index is 12.8. The van der Waals surface area contributed by atoms with Crippen LogP contribution in [0.2, 0.25) is 0 Å². The molecule has 1 fully saturated rings. The topological polar surface area (TPSA) is 49.0 Å². The van der Waals surface area contributed by atoms with E-state index in [2.05, 4.69) is 23.2 Å². The molecule has 0 radical (unpaired) electrons. The van der Waals surface area contributed by atoms with Gasteiger partial charge in [0, 0.05) is 25.9 Å². The highest BCUT2D eigenvalue weighted by molar-refractivity contribution is 5.78. The highest BCUT2D eigenvalue weighted by atomic mass is 19.3. The molecule has 4 nitrogen and oxygen atoms in total. The van der Waals surface area contributed by atoms with Crippen LogP contribution in [0.15, 0.2) is 54.6 Å². The summed E-state index contributed by atoms with van der Waals surface area (Å²) in [5.74, 6) is -0.340. The monoisotopic (exact) mass is 441 g/mol. The number of amides is 1. The van der Waals surface area contributed by atoms with Gasteiger partial charge in [-0.05, 0) is 63.1 Å². The molecule has 4 rings (SSSR count). The van der Waals surface area contributed by atoms with E-state index in [9.17, 15) is 13.6 Å². The molecule has 0 unspecified atom stereocenters. The van der Waals surface area contributed by atoms with Crippen LogP contribution in [0, 0.1) is 11.8 Å². The minimum Gasteiger partial charge on any atom is -0.342 e. The van der Waals surface area contributed by atoms with Crippen LogP contribution in [-0.4, -0.2) is 33.7 Å². The largest absolute Gasteiger partial charge is 0.342 e. The van der Waals surface area contributed by atoms with Crippen molar-refractivity contribution >= 4 is 16.9 Å². The van der Waals surface area contributed by atoms with Crippen molar-refractivity contribution in [1.29, 1.82) is 0 Å². The van der Waals surface area contributed by atoms with Crippen LogP contribution in [-0.2, 0) is 17.8 Å². The molecular formula is C26H33F2N3O. The first-order valence-electron chi connectivity index (χ1n) is 11.3. The molecule has 1 saturated carbocycles. The number of para-hydroxylation sites is 2. The maximum Gasteiger partial charge on any atom is 0.242 e. The zero-order valence-electron chi connectivity index (χ0n) is 19.2. The molecular weight excluding hydrogens is 408 g/mol. The molecule has 0 aliphatic heterocycles. The average molecular weight is 442 g/mol. The van der Waals surface area contributed by atoms with E-state index < -0.39 is 5.92 Å². The lowest BCUT2D eigenvalue weighted by atomic mass is 9.80. The van der Waals surface area contributed by atoms with Crippen molar-refractivity contribution in [3.63, 3.8) is 0 Å². The van der Waals surface area contributed by atoms with Gasteiger partial charge in [-0.3, -0.25) is 4.79 Å². The molecule has 0 saturated heterocycles. The molecule has 1 N–H and O–H groups in total. The van der Waals surface area contributed by atoms with Gasteiger partial charge in [0.1, 0.15) is 5.82 Å². The number of rotatable bonds is 5. The number of aromatic nitrogens is 2. The third-order valence-corrected chi connectivity index (χ3v) is 5.76. The predicted molar refractivity (Wildman–Crippen MR) is 124 cm³/mol. The lowest BCUT2D eigenvalue weighted by Gasteiger charge is -2.30. The van der Waals surface area contributed by atoms with Crippen LogP contribution in [0.3, 0.4) is 0 Å². The first kappa shape index (κ1) is 23.9. The van der Waals surface area contributed by atoms with E-state index in [1.165, 1.54) is 5.56 Å². The summed E-state index contributed by atoms with van der Waals surface area (Å²) in [5, 5.41) is 0. The van der Waals surface area contributed by atoms with Gasteiger partial charge in [0.2, 0.25) is 11.8 Å². The van der Waals surface area contributed by atoms with Crippen molar-refractivity contribution in [2.75, 3.05) is 7.05 Å². The molecule has 32 heavy (non-hydrogen) atoms. The van der Waals surface area contributed by atoms with Gasteiger partial charge in [0.15, 0.2) is 0 Å². The number of fused-ring (bicyclic) bond motifs is 1. The Bertz CT molecular complexity index is 950. The van der Waals surface area contributed by atoms with Crippen LogP contribution >= 0.6 is 0 Å². The molecule has 1 aliphatic carbocycles. The number of alkyl halides is 2. The molecule has 3 aromatic rings. The Morgan fingerprint density at radius 1 is 1.03 bits per heavy atom. The third-order valence-electron chi connectivity index (χ3n) is 5.76. The Morgan fingerprint density at radius 2 is 1.62 bits per heavy atom. The maximum absolute atomic E-state index is 12.8. The molecule has 6 heteroatoms. The lowest BCUT2D eigenvalue weighted by molar-refractivity contribution is -0.136. The Hall–Kier alpha value is -2.76. The second kappa shape index (κ2) is 10.7. The number of H-pyrrole nitrogens is 1. The molecule has 2 aromatic carbocycles. The van der Waals surface area contributed by atoms with Gasteiger partial charge < -0.3 is 9.88 Å². The summed E-state index contributed by atoms with van der Waals surface area (Å²) in [6, 6.07) is 18.4. The minimum atomic E-state index is -2.50. The molecule has 0 spiro atoms. The van der Waals surface area contributed by atoms with Crippen molar-refractivity contribution in [2.24, 2.45) is 11.8 Å². The normalized spacial score (nSPS) is 18.7. The van der Waals surface area contributed by atoms with Gasteiger partial charge >= 0.3 is 0 Å². The van der Waals surface area contributed by atoms with E-state index in [-0.39, 0.29) is 5.92 Å². The Morgan fingerprint density at radius 3 is 2.25 bits per heavy atom. The fourth-order valence-corrected chi connectivity index (χ4v) is 4.24. The smallest absolute Gasteiger partial charge is 0.242 e. The molecule has 1 aromatic heterocycles. The third kappa shape index (κ3) is 7.43. The van der Waals surface area contributed by atoms with E-state index in [1.807, 2.05) is 48.3 Å². The second-order valence-corrected chi connectivity index (χ2v) is 9.13. The van der Waals surface area contributed by atoms with E-state index in [0.29, 0.717) is 18.4 Å². The van der Waals surface area contributed by atoms with Crippen molar-refractivity contribution in [3.8, 4) is 0 Å². The first-order chi connectivity index (χ1) is 15.2. The van der Waals surface area contributed by atoms with Crippen LogP contribution in [0.4, 0.5) is 8.78 Å². The number of nitrogens with one attached hydrogen (secondary N) is 1. The Labute approximate surface area is 189 Å². The number of imidazole rings is 1. The number of carbonyl (C=O) groups excluding carboxylic acids is 1. The van der Waals surface area contributed by atoms with E-state index >= 15 is 0 Å². The number of nitrogens with zero attached hydrogens (tertiary/aromatic N) is 2. The molecule has 1 heterocycles. The standard InChI is InChI=1S/C23H27N3O.C3H6F2/c1-26(16-18-7-3-2-4-8-18)23(27)19-13-11-17(12-14-19)15-22-24-20-9-5-6-10-21(20)25-22;1-3(2,4)5/h2-10,17,19H,11-16H2,1H3,(H,24,25);1-2H3. The number of hydrogen-bond donors (Lipinski definition) is 1. The number of carbonyl (C=O) groups is 1. The summed E-state index contributed by atoms with van der Waals surface area (Å²) < 4.78 is 22.0. The summed E-state index contributed by atoms with van der Waals surface area (Å²) >= 11 is 0.